The molecular weight excluding hydrogens is 438 g/mol. The van der Waals surface area contributed by atoms with Gasteiger partial charge in [0, 0.05) is 23.2 Å². The Labute approximate surface area is 196 Å². The number of fused-ring (bicyclic) bond motifs is 1. The number of hydrogen-bond acceptors (Lipinski definition) is 5. The first-order chi connectivity index (χ1) is 15.9. The fraction of sp³-hybridized carbons (Fsp3) is 0.280. The standard InChI is InChI=1S/C25H24ClN5O2/c1-14-4-3-5-18(12-14)24-30-22-20(31(24)13-16-6-10-19(26)11-7-16)21(27-15(2)17-8-9-17)28-23(29-22)25(32)33/h3-7,10-12,15,17H,8-9,13H2,1-2H3,(H,32,33)(H,27,28,29)/t15-/m1/s1. The molecule has 2 heterocycles. The van der Waals surface area contributed by atoms with Gasteiger partial charge in [-0.25, -0.2) is 19.7 Å². The van der Waals surface area contributed by atoms with Crippen LogP contribution in [0.5, 0.6) is 0 Å². The van der Waals surface area contributed by atoms with Crippen LogP contribution in [-0.2, 0) is 6.54 Å². The summed E-state index contributed by atoms with van der Waals surface area (Å²) in [6.45, 7) is 4.65. The molecule has 4 aromatic rings. The van der Waals surface area contributed by atoms with Gasteiger partial charge in [-0.2, -0.15) is 0 Å². The van der Waals surface area contributed by atoms with Gasteiger partial charge in [0.25, 0.3) is 0 Å². The van der Waals surface area contributed by atoms with Crippen LogP contribution in [0, 0.1) is 12.8 Å². The molecule has 2 N–H and O–H groups in total. The lowest BCUT2D eigenvalue weighted by Crippen LogP contribution is -2.20. The summed E-state index contributed by atoms with van der Waals surface area (Å²) in [6.07, 6.45) is 2.32. The minimum Gasteiger partial charge on any atom is -0.475 e. The second-order valence-electron chi connectivity index (χ2n) is 8.66. The number of carboxylic acids is 1. The van der Waals surface area contributed by atoms with E-state index in [1.807, 2.05) is 49.4 Å². The highest BCUT2D eigenvalue weighted by Gasteiger charge is 2.30. The first kappa shape index (κ1) is 21.4. The summed E-state index contributed by atoms with van der Waals surface area (Å²) in [5.41, 5.74) is 4.13. The molecule has 0 radical (unpaired) electrons. The van der Waals surface area contributed by atoms with Crippen molar-refractivity contribution in [3.63, 3.8) is 0 Å². The van der Waals surface area contributed by atoms with Crippen LogP contribution in [-0.4, -0.2) is 36.6 Å². The average Bonchev–Trinajstić information content (AvgIpc) is 3.57. The van der Waals surface area contributed by atoms with Crippen molar-refractivity contribution >= 4 is 34.6 Å². The molecule has 5 rings (SSSR count). The number of hydrogen-bond donors (Lipinski definition) is 2. The molecule has 0 amide bonds. The number of aromatic carboxylic acids is 1. The van der Waals surface area contributed by atoms with Gasteiger partial charge in [-0.1, -0.05) is 47.5 Å². The van der Waals surface area contributed by atoms with Crippen LogP contribution in [0.15, 0.2) is 48.5 Å². The van der Waals surface area contributed by atoms with E-state index in [2.05, 4.69) is 32.8 Å². The minimum atomic E-state index is -1.18. The van der Waals surface area contributed by atoms with Crippen molar-refractivity contribution in [2.24, 2.45) is 5.92 Å². The third kappa shape index (κ3) is 4.41. The van der Waals surface area contributed by atoms with Crippen molar-refractivity contribution in [1.82, 2.24) is 19.5 Å². The SMILES string of the molecule is Cc1cccc(-c2nc3nc(C(=O)O)nc(N[C@H](C)C4CC4)c3n2Cc2ccc(Cl)cc2)c1. The highest BCUT2D eigenvalue weighted by atomic mass is 35.5. The molecule has 168 valence electrons. The quantitative estimate of drug-likeness (QED) is 0.382. The summed E-state index contributed by atoms with van der Waals surface area (Å²) in [7, 11) is 0. The van der Waals surface area contributed by atoms with Crippen LogP contribution in [0.1, 0.15) is 41.5 Å². The molecule has 1 aliphatic carbocycles. The molecule has 2 aromatic carbocycles. The molecule has 7 nitrogen and oxygen atoms in total. The van der Waals surface area contributed by atoms with E-state index in [9.17, 15) is 9.90 Å². The highest BCUT2D eigenvalue weighted by Crippen LogP contribution is 2.36. The predicted molar refractivity (Wildman–Crippen MR) is 129 cm³/mol. The van der Waals surface area contributed by atoms with Gasteiger partial charge >= 0.3 is 5.97 Å². The van der Waals surface area contributed by atoms with Gasteiger partial charge in [0.15, 0.2) is 11.5 Å². The lowest BCUT2D eigenvalue weighted by Gasteiger charge is -2.17. The molecule has 1 saturated carbocycles. The lowest BCUT2D eigenvalue weighted by molar-refractivity contribution is 0.0684. The summed E-state index contributed by atoms with van der Waals surface area (Å²) < 4.78 is 2.06. The van der Waals surface area contributed by atoms with Gasteiger partial charge in [-0.15, -0.1) is 0 Å². The summed E-state index contributed by atoms with van der Waals surface area (Å²) in [4.78, 5) is 25.2. The van der Waals surface area contributed by atoms with Crippen LogP contribution in [0.3, 0.4) is 0 Å². The number of rotatable bonds is 7. The van der Waals surface area contributed by atoms with Gasteiger partial charge < -0.3 is 15.0 Å². The molecule has 1 fully saturated rings. The monoisotopic (exact) mass is 461 g/mol. The Morgan fingerprint density at radius 1 is 1.18 bits per heavy atom. The Morgan fingerprint density at radius 2 is 1.94 bits per heavy atom. The molecule has 0 bridgehead atoms. The second kappa shape index (κ2) is 8.48. The fourth-order valence-corrected chi connectivity index (χ4v) is 4.22. The number of nitrogens with one attached hydrogen (secondary N) is 1. The number of aryl methyl sites for hydroxylation is 1. The Morgan fingerprint density at radius 3 is 2.61 bits per heavy atom. The van der Waals surface area contributed by atoms with E-state index in [-0.39, 0.29) is 11.9 Å². The fourth-order valence-electron chi connectivity index (χ4n) is 4.09. The molecule has 0 saturated heterocycles. The van der Waals surface area contributed by atoms with E-state index in [0.29, 0.717) is 40.3 Å². The van der Waals surface area contributed by atoms with Crippen molar-refractivity contribution < 1.29 is 9.90 Å². The lowest BCUT2D eigenvalue weighted by atomic mass is 10.1. The molecule has 1 aliphatic rings. The number of imidazole rings is 1. The van der Waals surface area contributed by atoms with Gasteiger partial charge in [0.05, 0.1) is 0 Å². The smallest absolute Gasteiger partial charge is 0.374 e. The summed E-state index contributed by atoms with van der Waals surface area (Å²) >= 11 is 6.09. The van der Waals surface area contributed by atoms with E-state index >= 15 is 0 Å². The number of aromatic nitrogens is 4. The van der Waals surface area contributed by atoms with Crippen LogP contribution in [0.4, 0.5) is 5.82 Å². The molecular formula is C25H24ClN5O2. The molecule has 0 aliphatic heterocycles. The predicted octanol–water partition coefficient (Wildman–Crippen LogP) is 5.41. The van der Waals surface area contributed by atoms with E-state index in [0.717, 1.165) is 29.5 Å². The Hall–Kier alpha value is -3.45. The van der Waals surface area contributed by atoms with Crippen LogP contribution >= 0.6 is 11.6 Å². The first-order valence-corrected chi connectivity index (χ1v) is 11.4. The molecule has 2 aromatic heterocycles. The first-order valence-electron chi connectivity index (χ1n) is 11.0. The third-order valence-corrected chi connectivity index (χ3v) is 6.27. The Bertz CT molecular complexity index is 1350. The number of benzene rings is 2. The van der Waals surface area contributed by atoms with Crippen molar-refractivity contribution in [3.8, 4) is 11.4 Å². The molecule has 1 atom stereocenters. The van der Waals surface area contributed by atoms with Gasteiger partial charge in [-0.05, 0) is 56.4 Å². The minimum absolute atomic E-state index is 0.172. The zero-order chi connectivity index (χ0) is 23.1. The van der Waals surface area contributed by atoms with Crippen molar-refractivity contribution in [2.45, 2.75) is 39.3 Å². The maximum Gasteiger partial charge on any atom is 0.374 e. The Kier molecular flexibility index (Phi) is 5.50. The Balaban J connectivity index is 1.73. The second-order valence-corrected chi connectivity index (χ2v) is 9.10. The van der Waals surface area contributed by atoms with Crippen molar-refractivity contribution in [1.29, 1.82) is 0 Å². The summed E-state index contributed by atoms with van der Waals surface area (Å²) in [5.74, 6) is 0.329. The zero-order valence-electron chi connectivity index (χ0n) is 18.4. The van der Waals surface area contributed by atoms with Gasteiger partial charge in [0.1, 0.15) is 11.3 Å². The van der Waals surface area contributed by atoms with E-state index < -0.39 is 5.97 Å². The highest BCUT2D eigenvalue weighted by molar-refractivity contribution is 6.30. The molecule has 8 heteroatoms. The zero-order valence-corrected chi connectivity index (χ0v) is 19.2. The summed E-state index contributed by atoms with van der Waals surface area (Å²) in [6, 6.07) is 15.9. The maximum absolute atomic E-state index is 11.8. The topological polar surface area (TPSA) is 92.9 Å². The number of anilines is 1. The van der Waals surface area contributed by atoms with Crippen molar-refractivity contribution in [3.05, 3.63) is 70.5 Å². The van der Waals surface area contributed by atoms with Gasteiger partial charge in [0.2, 0.25) is 5.82 Å². The largest absolute Gasteiger partial charge is 0.475 e. The number of carbonyl (C=O) groups is 1. The molecule has 33 heavy (non-hydrogen) atoms. The average molecular weight is 462 g/mol. The third-order valence-electron chi connectivity index (χ3n) is 6.02. The summed E-state index contributed by atoms with van der Waals surface area (Å²) in [5, 5.41) is 13.7. The van der Waals surface area contributed by atoms with E-state index in [1.165, 1.54) is 0 Å². The van der Waals surface area contributed by atoms with E-state index in [1.54, 1.807) is 0 Å². The normalized spacial score (nSPS) is 14.4. The van der Waals surface area contributed by atoms with Gasteiger partial charge in [-0.3, -0.25) is 0 Å². The van der Waals surface area contributed by atoms with Crippen LogP contribution in [0.25, 0.3) is 22.6 Å². The van der Waals surface area contributed by atoms with Crippen molar-refractivity contribution in [2.75, 3.05) is 5.32 Å². The molecule has 0 spiro atoms. The van der Waals surface area contributed by atoms with Crippen LogP contribution in [0.2, 0.25) is 5.02 Å². The number of nitrogens with zero attached hydrogens (tertiary/aromatic N) is 4. The van der Waals surface area contributed by atoms with E-state index in [4.69, 9.17) is 16.6 Å². The number of carboxylic acid groups (broad SMARTS) is 1. The van der Waals surface area contributed by atoms with Crippen LogP contribution < -0.4 is 5.32 Å². The maximum atomic E-state index is 11.8. The molecule has 0 unspecified atom stereocenters. The number of halogens is 1.